The van der Waals surface area contributed by atoms with E-state index in [-0.39, 0.29) is 11.6 Å². The summed E-state index contributed by atoms with van der Waals surface area (Å²) in [5, 5.41) is 0. The average molecular weight is 270 g/mol. The van der Waals surface area contributed by atoms with Crippen LogP contribution in [0.3, 0.4) is 0 Å². The van der Waals surface area contributed by atoms with Crippen LogP contribution >= 0.6 is 0 Å². The Morgan fingerprint density at radius 2 is 1.90 bits per heavy atom. The summed E-state index contributed by atoms with van der Waals surface area (Å²) in [6.45, 7) is 4.50. The lowest BCUT2D eigenvalue weighted by atomic mass is 10.0. The molecule has 3 nitrogen and oxygen atoms in total. The fourth-order valence-electron chi connectivity index (χ4n) is 2.34. The minimum atomic E-state index is -0.162. The number of aromatic nitrogens is 1. The molecule has 0 bridgehead atoms. The lowest BCUT2D eigenvalue weighted by Gasteiger charge is -2.15. The number of nitrogens with zero attached hydrogens (tertiary/aromatic N) is 1. The molecule has 3 heteroatoms. The highest BCUT2D eigenvalue weighted by atomic mass is 16.1. The molecule has 2 rings (SSSR count). The van der Waals surface area contributed by atoms with Crippen molar-refractivity contribution in [2.75, 3.05) is 0 Å². The number of benzene rings is 1. The van der Waals surface area contributed by atoms with E-state index >= 15 is 0 Å². The third-order valence-electron chi connectivity index (χ3n) is 3.55. The second-order valence-corrected chi connectivity index (χ2v) is 5.25. The molecule has 20 heavy (non-hydrogen) atoms. The van der Waals surface area contributed by atoms with Gasteiger partial charge in [0.25, 0.3) is 5.56 Å². The van der Waals surface area contributed by atoms with Crippen LogP contribution in [-0.4, -0.2) is 4.57 Å². The van der Waals surface area contributed by atoms with Gasteiger partial charge in [-0.15, -0.1) is 0 Å². The molecule has 0 amide bonds. The molecule has 2 N–H and O–H groups in total. The van der Waals surface area contributed by atoms with E-state index in [4.69, 9.17) is 5.73 Å². The summed E-state index contributed by atoms with van der Waals surface area (Å²) >= 11 is 0. The lowest BCUT2D eigenvalue weighted by molar-refractivity contribution is 0.560. The number of pyridine rings is 1. The predicted octanol–water partition coefficient (Wildman–Crippen LogP) is 2.81. The van der Waals surface area contributed by atoms with Gasteiger partial charge in [-0.1, -0.05) is 43.7 Å². The van der Waals surface area contributed by atoms with Crippen molar-refractivity contribution in [1.29, 1.82) is 0 Å². The standard InChI is InChI=1S/C17H22N2O/c1-3-5-14-7-9-15(10-8-14)16(18)12-19-11-4-6-13(2)17(19)20/h4,6-11,16H,3,5,12,18H2,1-2H3. The highest BCUT2D eigenvalue weighted by Gasteiger charge is 2.08. The first-order valence-electron chi connectivity index (χ1n) is 7.12. The summed E-state index contributed by atoms with van der Waals surface area (Å²) in [5.41, 5.74) is 9.39. The van der Waals surface area contributed by atoms with Crippen molar-refractivity contribution >= 4 is 0 Å². The van der Waals surface area contributed by atoms with Crippen LogP contribution in [0.4, 0.5) is 0 Å². The number of hydrogen-bond acceptors (Lipinski definition) is 2. The van der Waals surface area contributed by atoms with E-state index in [9.17, 15) is 4.79 Å². The van der Waals surface area contributed by atoms with Gasteiger partial charge in [0.1, 0.15) is 0 Å². The zero-order chi connectivity index (χ0) is 14.5. The smallest absolute Gasteiger partial charge is 0.253 e. The molecule has 0 radical (unpaired) electrons. The summed E-state index contributed by atoms with van der Waals surface area (Å²) in [4.78, 5) is 12.0. The van der Waals surface area contributed by atoms with Crippen LogP contribution in [0, 0.1) is 6.92 Å². The van der Waals surface area contributed by atoms with Crippen LogP contribution < -0.4 is 11.3 Å². The van der Waals surface area contributed by atoms with Crippen LogP contribution in [0.2, 0.25) is 0 Å². The Hall–Kier alpha value is -1.87. The van der Waals surface area contributed by atoms with Gasteiger partial charge in [0, 0.05) is 24.3 Å². The second kappa shape index (κ2) is 6.53. The van der Waals surface area contributed by atoms with Crippen molar-refractivity contribution in [2.24, 2.45) is 5.73 Å². The summed E-state index contributed by atoms with van der Waals surface area (Å²) in [5.74, 6) is 0. The molecule has 0 saturated carbocycles. The number of rotatable bonds is 5. The van der Waals surface area contributed by atoms with Gasteiger partial charge in [-0.25, -0.2) is 0 Å². The minimum Gasteiger partial charge on any atom is -0.322 e. The first-order chi connectivity index (χ1) is 9.61. The third kappa shape index (κ3) is 3.36. The molecule has 0 aliphatic carbocycles. The molecule has 1 atom stereocenters. The van der Waals surface area contributed by atoms with Gasteiger partial charge in [-0.05, 0) is 30.5 Å². The molecule has 0 aliphatic heterocycles. The van der Waals surface area contributed by atoms with E-state index in [1.807, 2.05) is 19.1 Å². The first kappa shape index (κ1) is 14.5. The quantitative estimate of drug-likeness (QED) is 0.908. The van der Waals surface area contributed by atoms with Crippen molar-refractivity contribution in [2.45, 2.75) is 39.3 Å². The van der Waals surface area contributed by atoms with Gasteiger partial charge in [0.15, 0.2) is 0 Å². The summed E-state index contributed by atoms with van der Waals surface area (Å²) in [7, 11) is 0. The fraction of sp³-hybridized carbons (Fsp3) is 0.353. The molecular weight excluding hydrogens is 248 g/mol. The normalized spacial score (nSPS) is 12.3. The highest BCUT2D eigenvalue weighted by molar-refractivity contribution is 5.25. The Kier molecular flexibility index (Phi) is 4.74. The van der Waals surface area contributed by atoms with E-state index in [1.54, 1.807) is 10.8 Å². The summed E-state index contributed by atoms with van der Waals surface area (Å²) in [6, 6.07) is 11.9. The second-order valence-electron chi connectivity index (χ2n) is 5.25. The molecular formula is C17H22N2O. The molecule has 106 valence electrons. The molecule has 0 aliphatic rings. The Balaban J connectivity index is 2.13. The number of hydrogen-bond donors (Lipinski definition) is 1. The molecule has 0 saturated heterocycles. The maximum atomic E-state index is 12.0. The van der Waals surface area contributed by atoms with Gasteiger partial charge < -0.3 is 10.3 Å². The summed E-state index contributed by atoms with van der Waals surface area (Å²) < 4.78 is 1.68. The Labute approximate surface area is 120 Å². The van der Waals surface area contributed by atoms with Crippen LogP contribution in [0.1, 0.15) is 36.1 Å². The lowest BCUT2D eigenvalue weighted by Crippen LogP contribution is -2.27. The fourth-order valence-corrected chi connectivity index (χ4v) is 2.34. The summed E-state index contributed by atoms with van der Waals surface area (Å²) in [6.07, 6.45) is 4.03. The Morgan fingerprint density at radius 3 is 2.55 bits per heavy atom. The average Bonchev–Trinajstić information content (AvgIpc) is 2.45. The van der Waals surface area contributed by atoms with Crippen molar-refractivity contribution in [3.05, 3.63) is 69.6 Å². The monoisotopic (exact) mass is 270 g/mol. The molecule has 1 aromatic carbocycles. The van der Waals surface area contributed by atoms with E-state index in [0.717, 1.165) is 24.0 Å². The van der Waals surface area contributed by atoms with Crippen LogP contribution in [-0.2, 0) is 13.0 Å². The van der Waals surface area contributed by atoms with Gasteiger partial charge >= 0.3 is 0 Å². The predicted molar refractivity (Wildman–Crippen MR) is 82.8 cm³/mol. The van der Waals surface area contributed by atoms with Crippen molar-refractivity contribution in [3.8, 4) is 0 Å². The largest absolute Gasteiger partial charge is 0.322 e. The SMILES string of the molecule is CCCc1ccc(C(N)Cn2cccc(C)c2=O)cc1. The first-order valence-corrected chi connectivity index (χ1v) is 7.12. The van der Waals surface area contributed by atoms with Crippen molar-refractivity contribution in [1.82, 2.24) is 4.57 Å². The maximum Gasteiger partial charge on any atom is 0.253 e. The highest BCUT2D eigenvalue weighted by Crippen LogP contribution is 2.14. The Bertz CT molecular complexity index is 614. The Morgan fingerprint density at radius 1 is 1.20 bits per heavy atom. The third-order valence-corrected chi connectivity index (χ3v) is 3.55. The van der Waals surface area contributed by atoms with Crippen LogP contribution in [0.25, 0.3) is 0 Å². The molecule has 0 fully saturated rings. The van der Waals surface area contributed by atoms with Crippen LogP contribution in [0.15, 0.2) is 47.4 Å². The van der Waals surface area contributed by atoms with Crippen molar-refractivity contribution < 1.29 is 0 Å². The molecule has 1 unspecified atom stereocenters. The van der Waals surface area contributed by atoms with E-state index < -0.39 is 0 Å². The molecule has 0 spiro atoms. The maximum absolute atomic E-state index is 12.0. The van der Waals surface area contributed by atoms with Gasteiger partial charge in [-0.3, -0.25) is 4.79 Å². The van der Waals surface area contributed by atoms with Crippen LogP contribution in [0.5, 0.6) is 0 Å². The molecule has 1 heterocycles. The van der Waals surface area contributed by atoms with Gasteiger partial charge in [-0.2, -0.15) is 0 Å². The van der Waals surface area contributed by atoms with E-state index in [0.29, 0.717) is 6.54 Å². The van der Waals surface area contributed by atoms with E-state index in [1.165, 1.54) is 5.56 Å². The minimum absolute atomic E-state index is 0.0329. The number of aryl methyl sites for hydroxylation is 2. The van der Waals surface area contributed by atoms with Gasteiger partial charge in [0.05, 0.1) is 0 Å². The zero-order valence-electron chi connectivity index (χ0n) is 12.2. The molecule has 1 aromatic heterocycles. The topological polar surface area (TPSA) is 48.0 Å². The molecule has 2 aromatic rings. The van der Waals surface area contributed by atoms with E-state index in [2.05, 4.69) is 31.2 Å². The number of nitrogens with two attached hydrogens (primary N) is 1. The zero-order valence-corrected chi connectivity index (χ0v) is 12.2. The van der Waals surface area contributed by atoms with Gasteiger partial charge in [0.2, 0.25) is 0 Å². The van der Waals surface area contributed by atoms with Crippen molar-refractivity contribution in [3.63, 3.8) is 0 Å².